The number of benzene rings is 1. The van der Waals surface area contributed by atoms with Gasteiger partial charge in [0.1, 0.15) is 5.75 Å². The Balaban J connectivity index is 1.90. The third-order valence-corrected chi connectivity index (χ3v) is 4.52. The van der Waals surface area contributed by atoms with E-state index in [0.29, 0.717) is 6.04 Å². The summed E-state index contributed by atoms with van der Waals surface area (Å²) in [7, 11) is 0. The van der Waals surface area contributed by atoms with Crippen molar-refractivity contribution < 1.29 is 4.74 Å². The van der Waals surface area contributed by atoms with Crippen LogP contribution >= 0.6 is 11.3 Å². The summed E-state index contributed by atoms with van der Waals surface area (Å²) in [6.07, 6.45) is 1.01. The second-order valence-corrected chi connectivity index (χ2v) is 5.99. The maximum atomic E-state index is 5.82. The molecule has 2 aromatic rings. The fourth-order valence-corrected chi connectivity index (χ4v) is 3.49. The van der Waals surface area contributed by atoms with E-state index >= 15 is 0 Å². The van der Waals surface area contributed by atoms with Gasteiger partial charge in [-0.3, -0.25) is 0 Å². The Morgan fingerprint density at radius 1 is 1.43 bits per heavy atom. The summed E-state index contributed by atoms with van der Waals surface area (Å²) in [6, 6.07) is 8.50. The predicted molar refractivity (Wildman–Crippen MR) is 87.8 cm³/mol. The number of anilines is 2. The Hall–Kier alpha value is -1.59. The number of hydrogen-bond donors (Lipinski definition) is 1. The molecule has 1 N–H and O–H groups in total. The van der Waals surface area contributed by atoms with Crippen molar-refractivity contribution in [3.63, 3.8) is 0 Å². The topological polar surface area (TPSA) is 37.4 Å². The maximum Gasteiger partial charge on any atom is 0.190 e. The Morgan fingerprint density at radius 2 is 2.29 bits per heavy atom. The molecule has 0 spiro atoms. The molecule has 21 heavy (non-hydrogen) atoms. The van der Waals surface area contributed by atoms with Crippen molar-refractivity contribution in [2.75, 3.05) is 24.6 Å². The summed E-state index contributed by atoms with van der Waals surface area (Å²) in [5, 5.41) is 6.61. The van der Waals surface area contributed by atoms with Crippen LogP contribution < -0.4 is 15.0 Å². The van der Waals surface area contributed by atoms with E-state index < -0.39 is 0 Å². The molecule has 0 saturated heterocycles. The SMILES string of the molecule is CCNC(C)c1csc(N2CCCOc3ccccc32)n1. The highest BCUT2D eigenvalue weighted by atomic mass is 32.1. The van der Waals surface area contributed by atoms with Gasteiger partial charge in [-0.05, 0) is 32.0 Å². The van der Waals surface area contributed by atoms with Crippen molar-refractivity contribution >= 4 is 22.2 Å². The monoisotopic (exact) mass is 303 g/mol. The van der Waals surface area contributed by atoms with E-state index in [1.54, 1.807) is 11.3 Å². The molecule has 5 heteroatoms. The first-order valence-electron chi connectivity index (χ1n) is 7.47. The minimum Gasteiger partial charge on any atom is -0.491 e. The van der Waals surface area contributed by atoms with Crippen LogP contribution in [0.2, 0.25) is 0 Å². The van der Waals surface area contributed by atoms with E-state index in [1.807, 2.05) is 12.1 Å². The van der Waals surface area contributed by atoms with Crippen molar-refractivity contribution in [1.82, 2.24) is 10.3 Å². The van der Waals surface area contributed by atoms with Crippen molar-refractivity contribution in [2.45, 2.75) is 26.3 Å². The molecule has 0 bridgehead atoms. The summed E-state index contributed by atoms with van der Waals surface area (Å²) in [5.74, 6) is 0.950. The normalized spacial score (nSPS) is 16.0. The molecule has 3 rings (SSSR count). The lowest BCUT2D eigenvalue weighted by Crippen LogP contribution is -2.19. The van der Waals surface area contributed by atoms with Gasteiger partial charge in [-0.1, -0.05) is 19.1 Å². The number of hydrogen-bond acceptors (Lipinski definition) is 5. The quantitative estimate of drug-likeness (QED) is 0.934. The average molecular weight is 303 g/mol. The molecule has 0 aliphatic carbocycles. The van der Waals surface area contributed by atoms with E-state index in [9.17, 15) is 0 Å². The molecule has 1 aliphatic rings. The standard InChI is InChI=1S/C16H21N3OS/c1-3-17-12(2)13-11-21-16(18-13)19-9-6-10-20-15-8-5-4-7-14(15)19/h4-5,7-8,11-12,17H,3,6,9-10H2,1-2H3. The molecular formula is C16H21N3OS. The number of ether oxygens (including phenoxy) is 1. The van der Waals surface area contributed by atoms with Gasteiger partial charge < -0.3 is 15.0 Å². The van der Waals surface area contributed by atoms with Crippen molar-refractivity contribution in [1.29, 1.82) is 0 Å². The fourth-order valence-electron chi connectivity index (χ4n) is 2.54. The van der Waals surface area contributed by atoms with Crippen LogP contribution in [0.4, 0.5) is 10.8 Å². The number of nitrogens with zero attached hydrogens (tertiary/aromatic N) is 2. The predicted octanol–water partition coefficient (Wildman–Crippen LogP) is 3.73. The third kappa shape index (κ3) is 3.04. The second-order valence-electron chi connectivity index (χ2n) is 5.16. The molecule has 0 amide bonds. The summed E-state index contributed by atoms with van der Waals surface area (Å²) in [4.78, 5) is 7.09. The molecule has 1 aromatic heterocycles. The summed E-state index contributed by atoms with van der Waals surface area (Å²) in [6.45, 7) is 6.93. The summed E-state index contributed by atoms with van der Waals surface area (Å²) >= 11 is 1.70. The molecule has 0 fully saturated rings. The van der Waals surface area contributed by atoms with E-state index in [0.717, 1.165) is 48.4 Å². The van der Waals surface area contributed by atoms with E-state index in [1.165, 1.54) is 0 Å². The Bertz CT molecular complexity index is 599. The van der Waals surface area contributed by atoms with Crippen LogP contribution in [0.5, 0.6) is 5.75 Å². The minimum absolute atomic E-state index is 0.290. The first-order valence-corrected chi connectivity index (χ1v) is 8.35. The lowest BCUT2D eigenvalue weighted by atomic mass is 10.2. The van der Waals surface area contributed by atoms with Crippen LogP contribution in [-0.2, 0) is 0 Å². The zero-order chi connectivity index (χ0) is 14.7. The van der Waals surface area contributed by atoms with Crippen LogP contribution in [0.25, 0.3) is 0 Å². The number of nitrogens with one attached hydrogen (secondary N) is 1. The highest BCUT2D eigenvalue weighted by Gasteiger charge is 2.20. The molecule has 1 aliphatic heterocycles. The van der Waals surface area contributed by atoms with E-state index in [4.69, 9.17) is 9.72 Å². The van der Waals surface area contributed by atoms with Gasteiger partial charge in [0.2, 0.25) is 0 Å². The van der Waals surface area contributed by atoms with E-state index in [-0.39, 0.29) is 0 Å². The van der Waals surface area contributed by atoms with Crippen LogP contribution in [0.15, 0.2) is 29.6 Å². The summed E-state index contributed by atoms with van der Waals surface area (Å²) < 4.78 is 5.82. The molecule has 1 aromatic carbocycles. The molecular weight excluding hydrogens is 282 g/mol. The zero-order valence-electron chi connectivity index (χ0n) is 12.5. The maximum absolute atomic E-state index is 5.82. The van der Waals surface area contributed by atoms with Gasteiger partial charge in [0.25, 0.3) is 0 Å². The zero-order valence-corrected chi connectivity index (χ0v) is 13.3. The minimum atomic E-state index is 0.290. The lowest BCUT2D eigenvalue weighted by Gasteiger charge is -2.20. The number of para-hydroxylation sites is 2. The number of rotatable bonds is 4. The Kier molecular flexibility index (Phi) is 4.41. The average Bonchev–Trinajstić information content (AvgIpc) is 2.89. The molecule has 0 saturated carbocycles. The van der Waals surface area contributed by atoms with Crippen LogP contribution in [0.3, 0.4) is 0 Å². The molecule has 0 radical (unpaired) electrons. The molecule has 1 atom stereocenters. The number of thiazole rings is 1. The highest BCUT2D eigenvalue weighted by molar-refractivity contribution is 7.13. The van der Waals surface area contributed by atoms with Crippen molar-refractivity contribution in [2.24, 2.45) is 0 Å². The lowest BCUT2D eigenvalue weighted by molar-refractivity contribution is 0.322. The van der Waals surface area contributed by atoms with Gasteiger partial charge >= 0.3 is 0 Å². The van der Waals surface area contributed by atoms with Crippen molar-refractivity contribution in [3.05, 3.63) is 35.3 Å². The smallest absolute Gasteiger partial charge is 0.190 e. The highest BCUT2D eigenvalue weighted by Crippen LogP contribution is 2.37. The fraction of sp³-hybridized carbons (Fsp3) is 0.438. The second kappa shape index (κ2) is 6.45. The largest absolute Gasteiger partial charge is 0.491 e. The van der Waals surface area contributed by atoms with Crippen LogP contribution in [0, 0.1) is 0 Å². The molecule has 112 valence electrons. The van der Waals surface area contributed by atoms with Crippen molar-refractivity contribution in [3.8, 4) is 5.75 Å². The van der Waals surface area contributed by atoms with Crippen LogP contribution in [-0.4, -0.2) is 24.7 Å². The van der Waals surface area contributed by atoms with Crippen LogP contribution in [0.1, 0.15) is 32.0 Å². The van der Waals surface area contributed by atoms with Gasteiger partial charge in [0.15, 0.2) is 5.13 Å². The number of fused-ring (bicyclic) bond motifs is 1. The first kappa shape index (κ1) is 14.4. The van der Waals surface area contributed by atoms with E-state index in [2.05, 4.69) is 41.6 Å². The van der Waals surface area contributed by atoms with Gasteiger partial charge in [-0.25, -0.2) is 4.98 Å². The molecule has 4 nitrogen and oxygen atoms in total. The van der Waals surface area contributed by atoms with Gasteiger partial charge in [0.05, 0.1) is 18.0 Å². The first-order chi connectivity index (χ1) is 10.3. The van der Waals surface area contributed by atoms with Gasteiger partial charge in [0, 0.05) is 18.0 Å². The Labute approximate surface area is 129 Å². The number of aromatic nitrogens is 1. The van der Waals surface area contributed by atoms with Gasteiger partial charge in [-0.2, -0.15) is 0 Å². The molecule has 2 heterocycles. The van der Waals surface area contributed by atoms with Gasteiger partial charge in [-0.15, -0.1) is 11.3 Å². The third-order valence-electron chi connectivity index (χ3n) is 3.63. The molecule has 1 unspecified atom stereocenters. The Morgan fingerprint density at radius 3 is 3.14 bits per heavy atom. The summed E-state index contributed by atoms with van der Waals surface area (Å²) in [5.41, 5.74) is 2.23.